The van der Waals surface area contributed by atoms with Crippen molar-refractivity contribution in [3.8, 4) is 0 Å². The van der Waals surface area contributed by atoms with E-state index in [0.717, 1.165) is 12.8 Å². The number of alkyl halides is 2. The molecule has 0 amide bonds. The van der Waals surface area contributed by atoms with Gasteiger partial charge in [-0.05, 0) is 25.8 Å². The first-order chi connectivity index (χ1) is 5.65. The van der Waals surface area contributed by atoms with Crippen molar-refractivity contribution in [3.63, 3.8) is 0 Å². The van der Waals surface area contributed by atoms with Crippen LogP contribution in [0, 0.1) is 11.3 Å². The van der Waals surface area contributed by atoms with Gasteiger partial charge in [0.05, 0.1) is 0 Å². The molecule has 2 aliphatic rings. The average Bonchev–Trinajstić information content (AvgIpc) is 2.51. The van der Waals surface area contributed by atoms with Crippen LogP contribution in [0.2, 0.25) is 0 Å². The van der Waals surface area contributed by atoms with Crippen LogP contribution in [-0.4, -0.2) is 12.5 Å². The van der Waals surface area contributed by atoms with Gasteiger partial charge in [-0.15, -0.1) is 0 Å². The van der Waals surface area contributed by atoms with Crippen LogP contribution in [0.15, 0.2) is 0 Å². The lowest BCUT2D eigenvalue weighted by Crippen LogP contribution is -2.18. The van der Waals surface area contributed by atoms with Crippen molar-refractivity contribution in [2.75, 3.05) is 6.54 Å². The maximum atomic E-state index is 13.3. The summed E-state index contributed by atoms with van der Waals surface area (Å²) in [5.74, 6) is -2.72. The monoisotopic (exact) mass is 175 g/mol. The van der Waals surface area contributed by atoms with Gasteiger partial charge in [0, 0.05) is 11.3 Å². The van der Waals surface area contributed by atoms with Crippen molar-refractivity contribution in [3.05, 3.63) is 0 Å². The molecule has 0 spiro atoms. The summed E-state index contributed by atoms with van der Waals surface area (Å²) in [4.78, 5) is 0. The summed E-state index contributed by atoms with van der Waals surface area (Å²) in [5, 5.41) is 0. The van der Waals surface area contributed by atoms with Gasteiger partial charge in [-0.1, -0.05) is 12.8 Å². The molecular formula is C9H15F2N. The fourth-order valence-electron chi connectivity index (χ4n) is 2.90. The average molecular weight is 175 g/mol. The van der Waals surface area contributed by atoms with Crippen molar-refractivity contribution in [2.45, 2.75) is 38.0 Å². The topological polar surface area (TPSA) is 26.0 Å². The summed E-state index contributed by atoms with van der Waals surface area (Å²) >= 11 is 0. The van der Waals surface area contributed by atoms with E-state index in [1.807, 2.05) is 0 Å². The van der Waals surface area contributed by atoms with Crippen molar-refractivity contribution in [1.82, 2.24) is 0 Å². The minimum atomic E-state index is -2.39. The second-order valence-corrected chi connectivity index (χ2v) is 4.12. The number of hydrogen-bond donors (Lipinski definition) is 1. The Labute approximate surface area is 71.3 Å². The molecule has 0 saturated heterocycles. The van der Waals surface area contributed by atoms with E-state index in [1.54, 1.807) is 0 Å². The van der Waals surface area contributed by atoms with Crippen LogP contribution in [0.3, 0.4) is 0 Å². The molecule has 70 valence electrons. The highest BCUT2D eigenvalue weighted by molar-refractivity contribution is 5.18. The molecule has 12 heavy (non-hydrogen) atoms. The molecule has 0 aromatic carbocycles. The number of hydrogen-bond acceptors (Lipinski definition) is 1. The summed E-state index contributed by atoms with van der Waals surface area (Å²) in [5.41, 5.74) is 4.69. The SMILES string of the molecule is NCC[C@]12CCCC[C@@H]1C2(F)F. The molecular weight excluding hydrogens is 160 g/mol. The predicted molar refractivity (Wildman–Crippen MR) is 43.0 cm³/mol. The van der Waals surface area contributed by atoms with Crippen LogP contribution in [0.25, 0.3) is 0 Å². The largest absolute Gasteiger partial charge is 0.330 e. The smallest absolute Gasteiger partial charge is 0.257 e. The molecule has 0 unspecified atom stereocenters. The minimum Gasteiger partial charge on any atom is -0.330 e. The number of nitrogens with two attached hydrogens (primary N) is 1. The third kappa shape index (κ3) is 0.804. The first kappa shape index (κ1) is 8.42. The Balaban J connectivity index is 2.13. The van der Waals surface area contributed by atoms with Gasteiger partial charge in [-0.2, -0.15) is 0 Å². The van der Waals surface area contributed by atoms with Gasteiger partial charge in [-0.25, -0.2) is 8.78 Å². The van der Waals surface area contributed by atoms with Gasteiger partial charge in [-0.3, -0.25) is 0 Å². The predicted octanol–water partition coefficient (Wildman–Crippen LogP) is 2.16. The van der Waals surface area contributed by atoms with Gasteiger partial charge in [0.2, 0.25) is 0 Å². The molecule has 1 nitrogen and oxygen atoms in total. The molecule has 0 aromatic rings. The summed E-state index contributed by atoms with van der Waals surface area (Å²) < 4.78 is 26.6. The van der Waals surface area contributed by atoms with E-state index < -0.39 is 11.3 Å². The third-order valence-corrected chi connectivity index (χ3v) is 3.64. The fourth-order valence-corrected chi connectivity index (χ4v) is 2.90. The van der Waals surface area contributed by atoms with E-state index in [1.165, 1.54) is 0 Å². The Bertz CT molecular complexity index is 189. The third-order valence-electron chi connectivity index (χ3n) is 3.64. The Hall–Kier alpha value is -0.180. The van der Waals surface area contributed by atoms with E-state index in [0.29, 0.717) is 25.8 Å². The number of fused-ring (bicyclic) bond motifs is 1. The number of halogens is 2. The van der Waals surface area contributed by atoms with Crippen LogP contribution in [-0.2, 0) is 0 Å². The fraction of sp³-hybridized carbons (Fsp3) is 1.00. The molecule has 0 aliphatic heterocycles. The molecule has 2 fully saturated rings. The van der Waals surface area contributed by atoms with E-state index in [2.05, 4.69) is 0 Å². The molecule has 2 N–H and O–H groups in total. The molecule has 0 radical (unpaired) electrons. The first-order valence-electron chi connectivity index (χ1n) is 4.73. The molecule has 0 aromatic heterocycles. The zero-order valence-electron chi connectivity index (χ0n) is 7.15. The van der Waals surface area contributed by atoms with Gasteiger partial charge in [0.1, 0.15) is 0 Å². The molecule has 2 saturated carbocycles. The highest BCUT2D eigenvalue weighted by Crippen LogP contribution is 2.73. The second-order valence-electron chi connectivity index (χ2n) is 4.12. The maximum absolute atomic E-state index is 13.3. The molecule has 0 bridgehead atoms. The zero-order valence-corrected chi connectivity index (χ0v) is 7.15. The molecule has 2 atom stereocenters. The Morgan fingerprint density at radius 1 is 1.33 bits per heavy atom. The van der Waals surface area contributed by atoms with Gasteiger partial charge < -0.3 is 5.73 Å². The highest BCUT2D eigenvalue weighted by atomic mass is 19.3. The quantitative estimate of drug-likeness (QED) is 0.683. The van der Waals surface area contributed by atoms with Gasteiger partial charge in [0.15, 0.2) is 0 Å². The summed E-state index contributed by atoms with van der Waals surface area (Å²) in [7, 11) is 0. The lowest BCUT2D eigenvalue weighted by atomic mass is 9.86. The summed E-state index contributed by atoms with van der Waals surface area (Å²) in [6, 6.07) is 0. The first-order valence-corrected chi connectivity index (χ1v) is 4.73. The van der Waals surface area contributed by atoms with Crippen LogP contribution < -0.4 is 5.73 Å². The summed E-state index contributed by atoms with van der Waals surface area (Å²) in [6.07, 6.45) is 3.87. The van der Waals surface area contributed by atoms with E-state index >= 15 is 0 Å². The van der Waals surface area contributed by atoms with Crippen LogP contribution >= 0.6 is 0 Å². The lowest BCUT2D eigenvalue weighted by Gasteiger charge is -2.18. The minimum absolute atomic E-state index is 0.331. The van der Waals surface area contributed by atoms with Crippen molar-refractivity contribution in [2.24, 2.45) is 17.1 Å². The zero-order chi connectivity index (χ0) is 8.82. The molecule has 0 heterocycles. The van der Waals surface area contributed by atoms with Crippen molar-refractivity contribution >= 4 is 0 Å². The van der Waals surface area contributed by atoms with E-state index in [-0.39, 0.29) is 5.92 Å². The van der Waals surface area contributed by atoms with Crippen LogP contribution in [0.4, 0.5) is 8.78 Å². The van der Waals surface area contributed by atoms with Crippen molar-refractivity contribution < 1.29 is 8.78 Å². The van der Waals surface area contributed by atoms with Gasteiger partial charge in [0.25, 0.3) is 5.92 Å². The number of rotatable bonds is 2. The lowest BCUT2D eigenvalue weighted by molar-refractivity contribution is 0.0542. The Morgan fingerprint density at radius 2 is 2.08 bits per heavy atom. The standard InChI is InChI=1S/C9H15F2N/c10-9(11)7-3-1-2-4-8(7,9)5-6-12/h7H,1-6,12H2/t7-,8+/m0/s1. The molecule has 2 aliphatic carbocycles. The maximum Gasteiger partial charge on any atom is 0.257 e. The van der Waals surface area contributed by atoms with Crippen molar-refractivity contribution in [1.29, 1.82) is 0 Å². The van der Waals surface area contributed by atoms with Crippen LogP contribution in [0.5, 0.6) is 0 Å². The molecule has 3 heteroatoms. The second kappa shape index (κ2) is 2.41. The summed E-state index contributed by atoms with van der Waals surface area (Å²) in [6.45, 7) is 0.409. The van der Waals surface area contributed by atoms with E-state index in [4.69, 9.17) is 5.73 Å². The van der Waals surface area contributed by atoms with E-state index in [9.17, 15) is 8.78 Å². The molecule has 2 rings (SSSR count). The Morgan fingerprint density at radius 3 is 2.67 bits per heavy atom. The van der Waals surface area contributed by atoms with Crippen LogP contribution in [0.1, 0.15) is 32.1 Å². The van der Waals surface area contributed by atoms with Gasteiger partial charge >= 0.3 is 0 Å². The normalized spacial score (nSPS) is 43.8. The highest BCUT2D eigenvalue weighted by Gasteiger charge is 2.78. The Kier molecular flexibility index (Phi) is 1.69.